The molecule has 2 amide bonds. The van der Waals surface area contributed by atoms with Gasteiger partial charge in [-0.05, 0) is 19.3 Å². The number of unbranched alkanes of at least 4 members (excludes halogenated alkanes) is 3. The molecule has 4 nitrogen and oxygen atoms in total. The molecule has 0 aromatic rings. The molecule has 0 aliphatic carbocycles. The Hall–Kier alpha value is -1.06. The summed E-state index contributed by atoms with van der Waals surface area (Å²) in [5.41, 5.74) is 0. The lowest BCUT2D eigenvalue weighted by Gasteiger charge is -2.24. The molecule has 0 radical (unpaired) electrons. The molecule has 0 saturated carbocycles. The number of nitrogens with zero attached hydrogens (tertiary/aromatic N) is 2. The van der Waals surface area contributed by atoms with Crippen molar-refractivity contribution in [2.45, 2.75) is 59.3 Å². The van der Waals surface area contributed by atoms with Gasteiger partial charge in [0.15, 0.2) is 0 Å². The summed E-state index contributed by atoms with van der Waals surface area (Å²) in [4.78, 5) is 27.5. The molecule has 0 rings (SSSR count). The molecule has 112 valence electrons. The Kier molecular flexibility index (Phi) is 10.2. The van der Waals surface area contributed by atoms with Crippen molar-refractivity contribution in [2.24, 2.45) is 0 Å². The fraction of sp³-hybridized carbons (Fsp3) is 0.867. The van der Waals surface area contributed by atoms with E-state index in [1.807, 2.05) is 0 Å². The average molecular weight is 270 g/mol. The van der Waals surface area contributed by atoms with Gasteiger partial charge in [-0.2, -0.15) is 0 Å². The average Bonchev–Trinajstić information content (AvgIpc) is 2.43. The normalized spacial score (nSPS) is 10.3. The van der Waals surface area contributed by atoms with Crippen molar-refractivity contribution in [3.8, 4) is 0 Å². The van der Waals surface area contributed by atoms with Crippen LogP contribution in [0.4, 0.5) is 0 Å². The lowest BCUT2D eigenvalue weighted by molar-refractivity contribution is -0.151. The van der Waals surface area contributed by atoms with Crippen LogP contribution < -0.4 is 0 Å². The van der Waals surface area contributed by atoms with Crippen LogP contribution >= 0.6 is 0 Å². The highest BCUT2D eigenvalue weighted by Crippen LogP contribution is 2.03. The summed E-state index contributed by atoms with van der Waals surface area (Å²) in [7, 11) is 1.72. The zero-order chi connectivity index (χ0) is 14.7. The van der Waals surface area contributed by atoms with E-state index in [-0.39, 0.29) is 11.8 Å². The van der Waals surface area contributed by atoms with Crippen LogP contribution in [0.15, 0.2) is 0 Å². The minimum absolute atomic E-state index is 0.333. The zero-order valence-corrected chi connectivity index (χ0v) is 13.1. The monoisotopic (exact) mass is 270 g/mol. The van der Waals surface area contributed by atoms with Crippen LogP contribution in [0, 0.1) is 0 Å². The van der Waals surface area contributed by atoms with Gasteiger partial charge in [-0.3, -0.25) is 9.59 Å². The second-order valence-corrected chi connectivity index (χ2v) is 5.08. The molecule has 0 saturated heterocycles. The van der Waals surface area contributed by atoms with Crippen LogP contribution in [0.2, 0.25) is 0 Å². The van der Waals surface area contributed by atoms with E-state index in [2.05, 4.69) is 20.8 Å². The maximum Gasteiger partial charge on any atom is 0.312 e. The summed E-state index contributed by atoms with van der Waals surface area (Å²) < 4.78 is 0. The number of hydrogen-bond donors (Lipinski definition) is 0. The Morgan fingerprint density at radius 2 is 1.16 bits per heavy atom. The number of carbonyl (C=O) groups is 2. The van der Waals surface area contributed by atoms with E-state index in [1.165, 1.54) is 0 Å². The predicted octanol–water partition coefficient (Wildman–Crippen LogP) is 2.67. The highest BCUT2D eigenvalue weighted by molar-refractivity contribution is 6.34. The molecule has 0 heterocycles. The topological polar surface area (TPSA) is 40.6 Å². The molecule has 0 bridgehead atoms. The second kappa shape index (κ2) is 10.8. The number of likely N-dealkylation sites (N-methyl/N-ethyl adjacent to an activating group) is 1. The van der Waals surface area contributed by atoms with Crippen LogP contribution in [0.3, 0.4) is 0 Å². The molecular weight excluding hydrogens is 240 g/mol. The fourth-order valence-corrected chi connectivity index (χ4v) is 1.81. The van der Waals surface area contributed by atoms with E-state index in [0.717, 1.165) is 38.5 Å². The van der Waals surface area contributed by atoms with Crippen molar-refractivity contribution in [1.29, 1.82) is 0 Å². The summed E-state index contributed by atoms with van der Waals surface area (Å²) in [6.07, 6.45) is 5.97. The van der Waals surface area contributed by atoms with E-state index >= 15 is 0 Å². The van der Waals surface area contributed by atoms with Gasteiger partial charge in [0.2, 0.25) is 0 Å². The van der Waals surface area contributed by atoms with Gasteiger partial charge in [0, 0.05) is 26.7 Å². The van der Waals surface area contributed by atoms with Gasteiger partial charge in [-0.1, -0.05) is 40.0 Å². The van der Waals surface area contributed by atoms with Crippen molar-refractivity contribution >= 4 is 11.8 Å². The quantitative estimate of drug-likeness (QED) is 0.604. The Bertz CT molecular complexity index is 259. The van der Waals surface area contributed by atoms with Gasteiger partial charge in [-0.15, -0.1) is 0 Å². The first kappa shape index (κ1) is 17.9. The molecule has 0 aromatic heterocycles. The van der Waals surface area contributed by atoms with Gasteiger partial charge < -0.3 is 9.80 Å². The third-order valence-corrected chi connectivity index (χ3v) is 3.23. The molecule has 19 heavy (non-hydrogen) atoms. The largest absolute Gasteiger partial charge is 0.338 e. The third kappa shape index (κ3) is 7.19. The summed E-state index contributed by atoms with van der Waals surface area (Å²) in [6, 6.07) is 0. The van der Waals surface area contributed by atoms with Gasteiger partial charge in [0.05, 0.1) is 0 Å². The Morgan fingerprint density at radius 3 is 1.58 bits per heavy atom. The van der Waals surface area contributed by atoms with Crippen LogP contribution in [0.5, 0.6) is 0 Å². The maximum atomic E-state index is 12.2. The standard InChI is InChI=1S/C15H30N2O2/c1-5-8-11-16(4)14(18)15(19)17(12-9-6-2)13-10-7-3/h5-13H2,1-4H3. The Morgan fingerprint density at radius 1 is 0.737 bits per heavy atom. The van der Waals surface area contributed by atoms with E-state index < -0.39 is 0 Å². The van der Waals surface area contributed by atoms with Crippen molar-refractivity contribution in [3.05, 3.63) is 0 Å². The molecule has 4 heteroatoms. The summed E-state index contributed by atoms with van der Waals surface area (Å²) in [5.74, 6) is -0.693. The first-order valence-corrected chi connectivity index (χ1v) is 7.62. The molecule has 0 aliphatic rings. The molecule has 0 unspecified atom stereocenters. The molecule has 0 aromatic carbocycles. The Balaban J connectivity index is 4.44. The number of rotatable bonds is 9. The number of hydrogen-bond acceptors (Lipinski definition) is 2. The van der Waals surface area contributed by atoms with Gasteiger partial charge in [0.1, 0.15) is 0 Å². The summed E-state index contributed by atoms with van der Waals surface area (Å²) in [6.45, 7) is 8.33. The van der Waals surface area contributed by atoms with Gasteiger partial charge in [0.25, 0.3) is 0 Å². The van der Waals surface area contributed by atoms with Crippen LogP contribution in [-0.4, -0.2) is 48.3 Å². The fourth-order valence-electron chi connectivity index (χ4n) is 1.81. The highest BCUT2D eigenvalue weighted by Gasteiger charge is 2.23. The van der Waals surface area contributed by atoms with E-state index in [4.69, 9.17) is 0 Å². The minimum Gasteiger partial charge on any atom is -0.338 e. The summed E-state index contributed by atoms with van der Waals surface area (Å²) >= 11 is 0. The second-order valence-electron chi connectivity index (χ2n) is 5.08. The van der Waals surface area contributed by atoms with Gasteiger partial charge in [-0.25, -0.2) is 0 Å². The van der Waals surface area contributed by atoms with Crippen molar-refractivity contribution in [2.75, 3.05) is 26.7 Å². The molecular formula is C15H30N2O2. The number of amides is 2. The van der Waals surface area contributed by atoms with Crippen molar-refractivity contribution in [3.63, 3.8) is 0 Å². The smallest absolute Gasteiger partial charge is 0.312 e. The summed E-state index contributed by atoms with van der Waals surface area (Å²) in [5, 5.41) is 0. The van der Waals surface area contributed by atoms with E-state index in [0.29, 0.717) is 19.6 Å². The third-order valence-electron chi connectivity index (χ3n) is 3.23. The lowest BCUT2D eigenvalue weighted by Crippen LogP contribution is -2.44. The van der Waals surface area contributed by atoms with Gasteiger partial charge >= 0.3 is 11.8 Å². The molecule has 0 fully saturated rings. The lowest BCUT2D eigenvalue weighted by atomic mass is 10.2. The van der Waals surface area contributed by atoms with Crippen LogP contribution in [0.25, 0.3) is 0 Å². The minimum atomic E-state index is -0.361. The predicted molar refractivity (Wildman–Crippen MR) is 78.9 cm³/mol. The first-order valence-electron chi connectivity index (χ1n) is 7.62. The van der Waals surface area contributed by atoms with E-state index in [9.17, 15) is 9.59 Å². The first-order chi connectivity index (χ1) is 9.08. The zero-order valence-electron chi connectivity index (χ0n) is 13.1. The van der Waals surface area contributed by atoms with Crippen LogP contribution in [-0.2, 0) is 9.59 Å². The van der Waals surface area contributed by atoms with Crippen molar-refractivity contribution in [1.82, 2.24) is 9.80 Å². The van der Waals surface area contributed by atoms with Crippen molar-refractivity contribution < 1.29 is 9.59 Å². The Labute approximate surface area is 118 Å². The molecule has 0 aliphatic heterocycles. The SMILES string of the molecule is CCCCN(C)C(=O)C(=O)N(CCCC)CCCC. The molecule has 0 N–H and O–H groups in total. The maximum absolute atomic E-state index is 12.2. The molecule has 0 atom stereocenters. The highest BCUT2D eigenvalue weighted by atomic mass is 16.2. The van der Waals surface area contributed by atoms with Crippen LogP contribution in [0.1, 0.15) is 59.3 Å². The molecule has 0 spiro atoms. The number of carbonyl (C=O) groups excluding carboxylic acids is 2. The van der Waals surface area contributed by atoms with E-state index in [1.54, 1.807) is 16.8 Å².